The molecule has 0 fully saturated rings. The molecule has 0 atom stereocenters. The first-order valence-electron chi connectivity index (χ1n) is 5.24. The lowest BCUT2D eigenvalue weighted by molar-refractivity contribution is 0.0692. The van der Waals surface area contributed by atoms with Crippen molar-refractivity contribution in [2.45, 2.75) is 11.9 Å². The Hall–Kier alpha value is -1.94. The van der Waals surface area contributed by atoms with Crippen molar-refractivity contribution in [1.82, 2.24) is 15.2 Å². The number of hydrogen-bond donors (Lipinski definition) is 3. The molecule has 8 nitrogen and oxygen atoms in total. The molecular weight excluding hydrogens is 352 g/mol. The number of H-pyrrole nitrogens is 1. The maximum atomic E-state index is 12.1. The SMILES string of the molecule is Cc1nc(NS(=O)(=O)c2[nH]ncc2C(=O)O)ccc1Br. The van der Waals surface area contributed by atoms with Gasteiger partial charge < -0.3 is 5.11 Å². The van der Waals surface area contributed by atoms with E-state index < -0.39 is 26.6 Å². The number of hydrogen-bond acceptors (Lipinski definition) is 5. The van der Waals surface area contributed by atoms with E-state index in [1.165, 1.54) is 6.07 Å². The molecule has 0 aliphatic heterocycles. The summed E-state index contributed by atoms with van der Waals surface area (Å²) in [5.41, 5.74) is 0.152. The van der Waals surface area contributed by atoms with Gasteiger partial charge >= 0.3 is 5.97 Å². The molecule has 0 aliphatic carbocycles. The van der Waals surface area contributed by atoms with E-state index in [1.807, 2.05) is 0 Å². The van der Waals surface area contributed by atoms with E-state index in [-0.39, 0.29) is 5.82 Å². The van der Waals surface area contributed by atoms with Crippen LogP contribution in [0.2, 0.25) is 0 Å². The summed E-state index contributed by atoms with van der Waals surface area (Å²) in [5, 5.41) is 14.0. The Bertz CT molecular complexity index is 771. The number of aromatic amines is 1. The van der Waals surface area contributed by atoms with Gasteiger partial charge in [0, 0.05) is 4.47 Å². The number of carbonyl (C=O) groups is 1. The van der Waals surface area contributed by atoms with Gasteiger partial charge in [-0.05, 0) is 35.0 Å². The predicted octanol–water partition coefficient (Wildman–Crippen LogP) is 1.37. The van der Waals surface area contributed by atoms with E-state index in [0.717, 1.165) is 10.7 Å². The number of nitrogens with one attached hydrogen (secondary N) is 2. The lowest BCUT2D eigenvalue weighted by atomic mass is 10.4. The number of nitrogens with zero attached hydrogens (tertiary/aromatic N) is 2. The summed E-state index contributed by atoms with van der Waals surface area (Å²) in [6.45, 7) is 1.70. The highest BCUT2D eigenvalue weighted by molar-refractivity contribution is 9.10. The van der Waals surface area contributed by atoms with Gasteiger partial charge in [0.2, 0.25) is 0 Å². The smallest absolute Gasteiger partial charge is 0.340 e. The average molecular weight is 361 g/mol. The second kappa shape index (κ2) is 5.21. The summed E-state index contributed by atoms with van der Waals surface area (Å²) >= 11 is 3.24. The maximum Gasteiger partial charge on any atom is 0.340 e. The van der Waals surface area contributed by atoms with Gasteiger partial charge in [-0.2, -0.15) is 13.5 Å². The van der Waals surface area contributed by atoms with Crippen molar-refractivity contribution in [2.24, 2.45) is 0 Å². The minimum Gasteiger partial charge on any atom is -0.478 e. The molecule has 0 saturated carbocycles. The molecule has 2 rings (SSSR count). The van der Waals surface area contributed by atoms with Crippen molar-refractivity contribution < 1.29 is 18.3 Å². The van der Waals surface area contributed by atoms with Gasteiger partial charge in [0.15, 0.2) is 5.03 Å². The molecule has 20 heavy (non-hydrogen) atoms. The van der Waals surface area contributed by atoms with Crippen LogP contribution in [0.5, 0.6) is 0 Å². The minimum atomic E-state index is -4.10. The average Bonchev–Trinajstić information content (AvgIpc) is 2.83. The third-order valence-corrected chi connectivity index (χ3v) is 4.53. The molecule has 0 aromatic carbocycles. The van der Waals surface area contributed by atoms with Crippen LogP contribution in [0.25, 0.3) is 0 Å². The summed E-state index contributed by atoms with van der Waals surface area (Å²) in [7, 11) is -4.10. The van der Waals surface area contributed by atoms with Gasteiger partial charge in [-0.1, -0.05) is 0 Å². The summed E-state index contributed by atoms with van der Waals surface area (Å²) in [6, 6.07) is 3.08. The van der Waals surface area contributed by atoms with Gasteiger partial charge in [-0.15, -0.1) is 0 Å². The van der Waals surface area contributed by atoms with E-state index >= 15 is 0 Å². The fraction of sp³-hybridized carbons (Fsp3) is 0.100. The number of carboxylic acids is 1. The lowest BCUT2D eigenvalue weighted by Gasteiger charge is -2.07. The highest BCUT2D eigenvalue weighted by Crippen LogP contribution is 2.19. The third-order valence-electron chi connectivity index (χ3n) is 2.36. The van der Waals surface area contributed by atoms with Crippen LogP contribution in [0.1, 0.15) is 16.1 Å². The molecule has 0 bridgehead atoms. The molecule has 0 amide bonds. The zero-order valence-electron chi connectivity index (χ0n) is 10.1. The summed E-state index contributed by atoms with van der Waals surface area (Å²) in [5.74, 6) is -1.31. The molecule has 0 radical (unpaired) electrons. The number of aromatic nitrogens is 3. The molecule has 2 aromatic rings. The highest BCUT2D eigenvalue weighted by atomic mass is 79.9. The first-order valence-corrected chi connectivity index (χ1v) is 7.51. The normalized spacial score (nSPS) is 11.3. The number of anilines is 1. The monoisotopic (exact) mass is 360 g/mol. The Kier molecular flexibility index (Phi) is 3.77. The van der Waals surface area contributed by atoms with Gasteiger partial charge in [-0.3, -0.25) is 9.82 Å². The second-order valence-corrected chi connectivity index (χ2v) is 6.26. The van der Waals surface area contributed by atoms with E-state index in [1.54, 1.807) is 13.0 Å². The van der Waals surface area contributed by atoms with Gasteiger partial charge in [0.25, 0.3) is 10.0 Å². The van der Waals surface area contributed by atoms with Crippen LogP contribution < -0.4 is 4.72 Å². The van der Waals surface area contributed by atoms with E-state index in [4.69, 9.17) is 5.11 Å². The van der Waals surface area contributed by atoms with Crippen LogP contribution in [0.3, 0.4) is 0 Å². The Balaban J connectivity index is 2.38. The van der Waals surface area contributed by atoms with Crippen molar-refractivity contribution in [3.05, 3.63) is 34.1 Å². The van der Waals surface area contributed by atoms with E-state index in [9.17, 15) is 13.2 Å². The Morgan fingerprint density at radius 3 is 2.75 bits per heavy atom. The predicted molar refractivity (Wildman–Crippen MR) is 73.0 cm³/mol. The van der Waals surface area contributed by atoms with Gasteiger partial charge in [0.1, 0.15) is 11.4 Å². The first-order chi connectivity index (χ1) is 9.31. The molecule has 2 aromatic heterocycles. The topological polar surface area (TPSA) is 125 Å². The molecule has 106 valence electrons. The standard InChI is InChI=1S/C10H9BrN4O4S/c1-5-7(11)2-3-8(13-5)15-20(18,19)9-6(10(16)17)4-12-14-9/h2-4H,1H3,(H,12,14)(H,13,15)(H,16,17). The van der Waals surface area contributed by atoms with Crippen molar-refractivity contribution in [3.8, 4) is 0 Å². The Morgan fingerprint density at radius 1 is 1.45 bits per heavy atom. The number of sulfonamides is 1. The molecule has 2 heterocycles. The van der Waals surface area contributed by atoms with Gasteiger partial charge in [-0.25, -0.2) is 9.78 Å². The van der Waals surface area contributed by atoms with Crippen molar-refractivity contribution in [3.63, 3.8) is 0 Å². The second-order valence-electron chi connectivity index (χ2n) is 3.79. The molecule has 3 N–H and O–H groups in total. The van der Waals surface area contributed by atoms with Crippen molar-refractivity contribution in [1.29, 1.82) is 0 Å². The van der Waals surface area contributed by atoms with Crippen LogP contribution in [0.15, 0.2) is 27.8 Å². The zero-order valence-corrected chi connectivity index (χ0v) is 12.5. The molecule has 0 saturated heterocycles. The highest BCUT2D eigenvalue weighted by Gasteiger charge is 2.25. The van der Waals surface area contributed by atoms with Crippen LogP contribution in [0.4, 0.5) is 5.82 Å². The van der Waals surface area contributed by atoms with Crippen LogP contribution in [-0.2, 0) is 10.0 Å². The largest absolute Gasteiger partial charge is 0.478 e. The molecule has 0 spiro atoms. The fourth-order valence-corrected chi connectivity index (χ4v) is 2.74. The fourth-order valence-electron chi connectivity index (χ4n) is 1.42. The molecular formula is C10H9BrN4O4S. The van der Waals surface area contributed by atoms with Gasteiger partial charge in [0.05, 0.1) is 11.9 Å². The van der Waals surface area contributed by atoms with E-state index in [2.05, 4.69) is 35.8 Å². The molecule has 0 aliphatic rings. The first kappa shape index (κ1) is 14.5. The van der Waals surface area contributed by atoms with Crippen LogP contribution >= 0.6 is 15.9 Å². The van der Waals surface area contributed by atoms with E-state index in [0.29, 0.717) is 5.69 Å². The maximum absolute atomic E-state index is 12.1. The molecule has 10 heteroatoms. The zero-order chi connectivity index (χ0) is 14.9. The van der Waals surface area contributed by atoms with Crippen molar-refractivity contribution >= 4 is 37.7 Å². The number of pyridine rings is 1. The summed E-state index contributed by atoms with van der Waals surface area (Å²) in [6.07, 6.45) is 0.928. The summed E-state index contributed by atoms with van der Waals surface area (Å²) in [4.78, 5) is 14.9. The number of carboxylic acid groups (broad SMARTS) is 1. The third kappa shape index (κ3) is 2.80. The number of aromatic carboxylic acids is 1. The number of rotatable bonds is 4. The lowest BCUT2D eigenvalue weighted by Crippen LogP contribution is -2.17. The van der Waals surface area contributed by atoms with Crippen molar-refractivity contribution in [2.75, 3.05) is 4.72 Å². The minimum absolute atomic E-state index is 0.0802. The van der Waals surface area contributed by atoms with Crippen LogP contribution in [0, 0.1) is 6.92 Å². The number of halogens is 1. The summed E-state index contributed by atoms with van der Waals surface area (Å²) < 4.78 is 27.1. The number of aryl methyl sites for hydroxylation is 1. The quantitative estimate of drug-likeness (QED) is 0.755. The molecule has 0 unspecified atom stereocenters. The Labute approximate surface area is 122 Å². The van der Waals surface area contributed by atoms with Crippen LogP contribution in [-0.4, -0.2) is 34.7 Å². The Morgan fingerprint density at radius 2 is 2.15 bits per heavy atom.